The highest BCUT2D eigenvalue weighted by Gasteiger charge is 1.94. The third kappa shape index (κ3) is 2.49. The van der Waals surface area contributed by atoms with Gasteiger partial charge in [0.1, 0.15) is 0 Å². The van der Waals surface area contributed by atoms with Gasteiger partial charge in [-0.1, -0.05) is 0 Å². The van der Waals surface area contributed by atoms with Crippen LogP contribution in [0.5, 0.6) is 0 Å². The van der Waals surface area contributed by atoms with Crippen LogP contribution in [-0.4, -0.2) is 24.9 Å². The SMILES string of the molecule is CN(C)C(=O)C#CCl. The van der Waals surface area contributed by atoms with Crippen LogP contribution in [0.2, 0.25) is 0 Å². The zero-order valence-corrected chi connectivity index (χ0v) is 5.49. The van der Waals surface area contributed by atoms with Crippen molar-refractivity contribution in [3.63, 3.8) is 0 Å². The fourth-order valence-corrected chi connectivity index (χ4v) is 0.233. The lowest BCUT2D eigenvalue weighted by Gasteiger charge is -2.01. The smallest absolute Gasteiger partial charge is 0.299 e. The molecule has 44 valence electrons. The van der Waals surface area contributed by atoms with Gasteiger partial charge in [0.2, 0.25) is 0 Å². The Hall–Kier alpha value is -0.680. The quantitative estimate of drug-likeness (QED) is 0.433. The molecule has 2 nitrogen and oxygen atoms in total. The number of halogens is 1. The van der Waals surface area contributed by atoms with Gasteiger partial charge in [0.05, 0.1) is 0 Å². The van der Waals surface area contributed by atoms with Crippen LogP contribution in [-0.2, 0) is 4.79 Å². The molecule has 8 heavy (non-hydrogen) atoms. The lowest BCUT2D eigenvalue weighted by molar-refractivity contribution is -0.122. The summed E-state index contributed by atoms with van der Waals surface area (Å²) in [7, 11) is 3.23. The Labute approximate surface area is 53.4 Å². The Bertz CT molecular complexity index is 142. The molecule has 0 aromatic rings. The fourth-order valence-electron chi connectivity index (χ4n) is 0.152. The number of rotatable bonds is 0. The molecule has 0 aliphatic heterocycles. The highest BCUT2D eigenvalue weighted by atomic mass is 35.5. The highest BCUT2D eigenvalue weighted by molar-refractivity contribution is 6.31. The molecule has 1 amide bonds. The molecule has 0 aromatic carbocycles. The maximum atomic E-state index is 10.4. The minimum absolute atomic E-state index is 0.278. The predicted molar refractivity (Wildman–Crippen MR) is 32.3 cm³/mol. The van der Waals surface area contributed by atoms with Gasteiger partial charge in [0.15, 0.2) is 0 Å². The summed E-state index contributed by atoms with van der Waals surface area (Å²) in [5.74, 6) is 1.87. The van der Waals surface area contributed by atoms with Crippen molar-refractivity contribution in [2.75, 3.05) is 14.1 Å². The van der Waals surface area contributed by atoms with Gasteiger partial charge >= 0.3 is 0 Å². The van der Waals surface area contributed by atoms with E-state index in [0.29, 0.717) is 0 Å². The van der Waals surface area contributed by atoms with Gasteiger partial charge in [0, 0.05) is 25.4 Å². The summed E-state index contributed by atoms with van der Waals surface area (Å²) in [6.45, 7) is 0. The van der Waals surface area contributed by atoms with Crippen LogP contribution in [0.1, 0.15) is 0 Å². The van der Waals surface area contributed by atoms with E-state index in [0.717, 1.165) is 0 Å². The van der Waals surface area contributed by atoms with Crippen LogP contribution in [0.3, 0.4) is 0 Å². The first-order valence-corrected chi connectivity index (χ1v) is 2.39. The maximum absolute atomic E-state index is 10.4. The number of carbonyl (C=O) groups excluding carboxylic acids is 1. The maximum Gasteiger partial charge on any atom is 0.299 e. The summed E-state index contributed by atoms with van der Waals surface area (Å²) in [6.07, 6.45) is 0. The van der Waals surface area contributed by atoms with Gasteiger partial charge in [-0.3, -0.25) is 4.79 Å². The van der Waals surface area contributed by atoms with Crippen LogP contribution in [0.15, 0.2) is 0 Å². The first-order valence-electron chi connectivity index (χ1n) is 2.01. The standard InChI is InChI=1S/C5H6ClNO/c1-7(2)5(8)3-4-6/h1-2H3. The van der Waals surface area contributed by atoms with E-state index in [4.69, 9.17) is 11.6 Å². The molecular formula is C5H6ClNO. The van der Waals surface area contributed by atoms with Crippen molar-refractivity contribution in [2.24, 2.45) is 0 Å². The van der Waals surface area contributed by atoms with E-state index in [9.17, 15) is 4.79 Å². The summed E-state index contributed by atoms with van der Waals surface area (Å²) in [5, 5.41) is 1.98. The molecule has 0 rings (SSSR count). The Kier molecular flexibility index (Phi) is 3.05. The van der Waals surface area contributed by atoms with E-state index in [1.165, 1.54) is 4.90 Å². The van der Waals surface area contributed by atoms with Gasteiger partial charge in [-0.05, 0) is 11.6 Å². The van der Waals surface area contributed by atoms with Gasteiger partial charge in [-0.25, -0.2) is 0 Å². The van der Waals surface area contributed by atoms with Crippen molar-refractivity contribution in [2.45, 2.75) is 0 Å². The fraction of sp³-hybridized carbons (Fsp3) is 0.400. The van der Waals surface area contributed by atoms with E-state index in [1.54, 1.807) is 14.1 Å². The molecule has 0 aliphatic rings. The predicted octanol–water partition coefficient (Wildman–Crippen LogP) is 0.274. The highest BCUT2D eigenvalue weighted by Crippen LogP contribution is 1.74. The Morgan fingerprint density at radius 2 is 2.12 bits per heavy atom. The topological polar surface area (TPSA) is 20.3 Å². The molecule has 0 aromatic heterocycles. The summed E-state index contributed by atoms with van der Waals surface area (Å²) in [4.78, 5) is 11.8. The summed E-state index contributed by atoms with van der Waals surface area (Å²) in [5.41, 5.74) is 0. The molecule has 0 bridgehead atoms. The van der Waals surface area contributed by atoms with Gasteiger partial charge < -0.3 is 4.90 Å². The Balaban J connectivity index is 3.78. The largest absolute Gasteiger partial charge is 0.338 e. The first-order chi connectivity index (χ1) is 3.68. The van der Waals surface area contributed by atoms with Crippen molar-refractivity contribution in [1.29, 1.82) is 0 Å². The molecule has 0 spiro atoms. The number of carbonyl (C=O) groups is 1. The zero-order valence-electron chi connectivity index (χ0n) is 4.73. The summed E-state index contributed by atoms with van der Waals surface area (Å²) < 4.78 is 0. The number of hydrogen-bond donors (Lipinski definition) is 0. The van der Waals surface area contributed by atoms with Crippen LogP contribution < -0.4 is 0 Å². The second-order valence-corrected chi connectivity index (χ2v) is 1.61. The van der Waals surface area contributed by atoms with Crippen molar-refractivity contribution in [1.82, 2.24) is 4.90 Å². The van der Waals surface area contributed by atoms with Gasteiger partial charge in [0.25, 0.3) is 5.91 Å². The van der Waals surface area contributed by atoms with E-state index < -0.39 is 0 Å². The average Bonchev–Trinajstić information content (AvgIpc) is 1.67. The molecule has 3 heteroatoms. The van der Waals surface area contributed by atoms with Crippen molar-refractivity contribution >= 4 is 17.5 Å². The Morgan fingerprint density at radius 3 is 2.25 bits per heavy atom. The lowest BCUT2D eigenvalue weighted by Crippen LogP contribution is -2.19. The molecule has 0 unspecified atom stereocenters. The molecule has 0 N–H and O–H groups in total. The molecule has 0 saturated carbocycles. The van der Waals surface area contributed by atoms with Crippen molar-refractivity contribution in [3.05, 3.63) is 0 Å². The van der Waals surface area contributed by atoms with Crippen LogP contribution in [0.25, 0.3) is 0 Å². The number of nitrogens with zero attached hydrogens (tertiary/aromatic N) is 1. The minimum atomic E-state index is -0.278. The van der Waals surface area contributed by atoms with Crippen LogP contribution >= 0.6 is 11.6 Å². The van der Waals surface area contributed by atoms with Crippen LogP contribution in [0.4, 0.5) is 0 Å². The minimum Gasteiger partial charge on any atom is -0.338 e. The van der Waals surface area contributed by atoms with Crippen molar-refractivity contribution < 1.29 is 4.79 Å². The van der Waals surface area contributed by atoms with E-state index in [-0.39, 0.29) is 5.91 Å². The third-order valence-electron chi connectivity index (χ3n) is 0.560. The Morgan fingerprint density at radius 1 is 1.62 bits per heavy atom. The first kappa shape index (κ1) is 7.32. The number of amides is 1. The molecular weight excluding hydrogens is 126 g/mol. The van der Waals surface area contributed by atoms with E-state index >= 15 is 0 Å². The summed E-state index contributed by atoms with van der Waals surface area (Å²) in [6, 6.07) is 0. The molecule has 0 radical (unpaired) electrons. The average molecular weight is 132 g/mol. The van der Waals surface area contributed by atoms with E-state index in [1.807, 2.05) is 5.38 Å². The normalized spacial score (nSPS) is 6.88. The van der Waals surface area contributed by atoms with Gasteiger partial charge in [-0.2, -0.15) is 0 Å². The lowest BCUT2D eigenvalue weighted by atomic mass is 10.6. The van der Waals surface area contributed by atoms with E-state index in [2.05, 4.69) is 5.92 Å². The second-order valence-electron chi connectivity index (χ2n) is 1.42. The van der Waals surface area contributed by atoms with Gasteiger partial charge in [-0.15, -0.1) is 0 Å². The molecule has 0 fully saturated rings. The van der Waals surface area contributed by atoms with Crippen LogP contribution in [0, 0.1) is 11.3 Å². The monoisotopic (exact) mass is 131 g/mol. The second kappa shape index (κ2) is 3.34. The number of hydrogen-bond acceptors (Lipinski definition) is 1. The molecule has 0 saturated heterocycles. The molecule has 0 heterocycles. The zero-order chi connectivity index (χ0) is 6.57. The molecule has 0 aliphatic carbocycles. The molecule has 0 atom stereocenters. The van der Waals surface area contributed by atoms with Crippen molar-refractivity contribution in [3.8, 4) is 11.3 Å². The summed E-state index contributed by atoms with van der Waals surface area (Å²) >= 11 is 4.93. The third-order valence-corrected chi connectivity index (χ3v) is 0.655.